The van der Waals surface area contributed by atoms with Gasteiger partial charge < -0.3 is 15.7 Å². The quantitative estimate of drug-likeness (QED) is 0.503. The van der Waals surface area contributed by atoms with E-state index in [0.29, 0.717) is 19.5 Å². The number of amides is 1. The van der Waals surface area contributed by atoms with Crippen LogP contribution in [0.4, 0.5) is 0 Å². The summed E-state index contributed by atoms with van der Waals surface area (Å²) in [6.07, 6.45) is 0.338. The molecule has 0 saturated carbocycles. The van der Waals surface area contributed by atoms with E-state index >= 15 is 0 Å². The van der Waals surface area contributed by atoms with Crippen molar-refractivity contribution in [2.24, 2.45) is 0 Å². The Hall–Kier alpha value is -1.52. The molecule has 0 spiro atoms. The normalized spacial score (nSPS) is 20.2. The molecule has 1 fully saturated rings. The summed E-state index contributed by atoms with van der Waals surface area (Å²) in [4.78, 5) is 21.9. The molecule has 1 saturated heterocycles. The van der Waals surface area contributed by atoms with Crippen LogP contribution in [0.5, 0.6) is 0 Å². The van der Waals surface area contributed by atoms with E-state index in [4.69, 9.17) is 5.11 Å². The molecular formula is C8H12N2O3. The van der Waals surface area contributed by atoms with Gasteiger partial charge in [0.1, 0.15) is 5.70 Å². The van der Waals surface area contributed by atoms with Crippen LogP contribution in [0.2, 0.25) is 0 Å². The molecule has 0 aromatic rings. The van der Waals surface area contributed by atoms with Crippen LogP contribution in [0, 0.1) is 0 Å². The van der Waals surface area contributed by atoms with Gasteiger partial charge in [0.05, 0.1) is 5.57 Å². The second kappa shape index (κ2) is 3.93. The maximum absolute atomic E-state index is 11.2. The number of hydrogen-bond acceptors (Lipinski definition) is 3. The minimum Gasteiger partial charge on any atom is -0.478 e. The lowest BCUT2D eigenvalue weighted by molar-refractivity contribution is -0.133. The van der Waals surface area contributed by atoms with Gasteiger partial charge in [-0.1, -0.05) is 6.92 Å². The summed E-state index contributed by atoms with van der Waals surface area (Å²) in [5, 5.41) is 14.1. The van der Waals surface area contributed by atoms with Crippen molar-refractivity contribution >= 4 is 11.9 Å². The monoisotopic (exact) mass is 184 g/mol. The summed E-state index contributed by atoms with van der Waals surface area (Å²) >= 11 is 0. The highest BCUT2D eigenvalue weighted by molar-refractivity contribution is 6.02. The third-order valence-electron chi connectivity index (χ3n) is 1.85. The number of carbonyl (C=O) groups excluding carboxylic acids is 1. The molecule has 72 valence electrons. The summed E-state index contributed by atoms with van der Waals surface area (Å²) in [7, 11) is 0. The third-order valence-corrected chi connectivity index (χ3v) is 1.85. The standard InChI is InChI=1S/C8H12N2O3/c1-2-5(8(12)13)6-7(11)10-4-3-9-6/h9H,2-4H2,1H3,(H,10,11)(H,12,13). The molecule has 3 N–H and O–H groups in total. The Labute approximate surface area is 75.8 Å². The van der Waals surface area contributed by atoms with Gasteiger partial charge in [0, 0.05) is 13.1 Å². The van der Waals surface area contributed by atoms with E-state index in [1.54, 1.807) is 6.92 Å². The Morgan fingerprint density at radius 1 is 1.46 bits per heavy atom. The van der Waals surface area contributed by atoms with Gasteiger partial charge in [0.2, 0.25) is 0 Å². The van der Waals surface area contributed by atoms with E-state index < -0.39 is 5.97 Å². The number of aliphatic carboxylic acids is 1. The molecule has 0 radical (unpaired) electrons. The van der Waals surface area contributed by atoms with E-state index in [1.807, 2.05) is 0 Å². The molecule has 1 aliphatic heterocycles. The summed E-state index contributed by atoms with van der Waals surface area (Å²) in [6.45, 7) is 2.83. The van der Waals surface area contributed by atoms with Gasteiger partial charge in [-0.2, -0.15) is 0 Å². The predicted octanol–water partition coefficient (Wildman–Crippen LogP) is -0.546. The van der Waals surface area contributed by atoms with Crippen molar-refractivity contribution in [1.82, 2.24) is 10.6 Å². The number of rotatable bonds is 2. The van der Waals surface area contributed by atoms with E-state index in [2.05, 4.69) is 10.6 Å². The molecule has 5 heteroatoms. The topological polar surface area (TPSA) is 78.4 Å². The minimum absolute atomic E-state index is 0.136. The highest BCUT2D eigenvalue weighted by Gasteiger charge is 2.21. The lowest BCUT2D eigenvalue weighted by atomic mass is 10.1. The zero-order valence-corrected chi connectivity index (χ0v) is 7.39. The third kappa shape index (κ3) is 1.99. The Balaban J connectivity index is 2.96. The zero-order valence-electron chi connectivity index (χ0n) is 7.39. The van der Waals surface area contributed by atoms with Crippen LogP contribution < -0.4 is 10.6 Å². The van der Waals surface area contributed by atoms with E-state index in [-0.39, 0.29) is 17.2 Å². The molecule has 1 amide bonds. The van der Waals surface area contributed by atoms with Gasteiger partial charge >= 0.3 is 5.97 Å². The van der Waals surface area contributed by atoms with Crippen LogP contribution in [0.1, 0.15) is 13.3 Å². The van der Waals surface area contributed by atoms with Gasteiger partial charge in [0.25, 0.3) is 5.91 Å². The second-order valence-electron chi connectivity index (χ2n) is 2.69. The smallest absolute Gasteiger partial charge is 0.333 e. The number of piperazine rings is 1. The molecule has 0 atom stereocenters. The largest absolute Gasteiger partial charge is 0.478 e. The van der Waals surface area contributed by atoms with Gasteiger partial charge in [-0.25, -0.2) is 4.79 Å². The first-order valence-electron chi connectivity index (χ1n) is 4.15. The fourth-order valence-corrected chi connectivity index (χ4v) is 1.21. The van der Waals surface area contributed by atoms with E-state index in [0.717, 1.165) is 0 Å². The van der Waals surface area contributed by atoms with Crippen molar-refractivity contribution in [3.8, 4) is 0 Å². The average Bonchev–Trinajstić information content (AvgIpc) is 2.09. The molecular weight excluding hydrogens is 172 g/mol. The molecule has 1 rings (SSSR count). The first-order valence-corrected chi connectivity index (χ1v) is 4.15. The summed E-state index contributed by atoms with van der Waals surface area (Å²) < 4.78 is 0. The highest BCUT2D eigenvalue weighted by Crippen LogP contribution is 2.08. The fourth-order valence-electron chi connectivity index (χ4n) is 1.21. The highest BCUT2D eigenvalue weighted by atomic mass is 16.4. The molecule has 13 heavy (non-hydrogen) atoms. The molecule has 5 nitrogen and oxygen atoms in total. The number of carbonyl (C=O) groups is 2. The van der Waals surface area contributed by atoms with Crippen LogP contribution in [-0.2, 0) is 9.59 Å². The lowest BCUT2D eigenvalue weighted by Gasteiger charge is -2.19. The molecule has 1 aliphatic rings. The minimum atomic E-state index is -1.04. The summed E-state index contributed by atoms with van der Waals surface area (Å²) in [5.41, 5.74) is 0.332. The molecule has 1 heterocycles. The Kier molecular flexibility index (Phi) is 2.89. The van der Waals surface area contributed by atoms with Crippen molar-refractivity contribution in [2.45, 2.75) is 13.3 Å². The summed E-state index contributed by atoms with van der Waals surface area (Å²) in [5.74, 6) is -1.37. The SMILES string of the molecule is CCC(C(=O)O)=C1NCCNC1=O. The van der Waals surface area contributed by atoms with Crippen molar-refractivity contribution in [1.29, 1.82) is 0 Å². The second-order valence-corrected chi connectivity index (χ2v) is 2.69. The maximum atomic E-state index is 11.2. The predicted molar refractivity (Wildman–Crippen MR) is 46.0 cm³/mol. The van der Waals surface area contributed by atoms with Gasteiger partial charge in [-0.05, 0) is 6.42 Å². The lowest BCUT2D eigenvalue weighted by Crippen LogP contribution is -2.44. The fraction of sp³-hybridized carbons (Fsp3) is 0.500. The van der Waals surface area contributed by atoms with Gasteiger partial charge in [-0.15, -0.1) is 0 Å². The van der Waals surface area contributed by atoms with Crippen LogP contribution in [-0.4, -0.2) is 30.1 Å². The Bertz CT molecular complexity index is 271. The van der Waals surface area contributed by atoms with Gasteiger partial charge in [0.15, 0.2) is 0 Å². The average molecular weight is 184 g/mol. The van der Waals surface area contributed by atoms with E-state index in [9.17, 15) is 9.59 Å². The van der Waals surface area contributed by atoms with Crippen LogP contribution in [0.15, 0.2) is 11.3 Å². The molecule has 0 unspecified atom stereocenters. The molecule has 0 bridgehead atoms. The number of carboxylic acids is 1. The molecule has 0 aliphatic carbocycles. The van der Waals surface area contributed by atoms with Crippen LogP contribution >= 0.6 is 0 Å². The van der Waals surface area contributed by atoms with Gasteiger partial charge in [-0.3, -0.25) is 4.79 Å². The molecule has 0 aromatic carbocycles. The van der Waals surface area contributed by atoms with Crippen LogP contribution in [0.25, 0.3) is 0 Å². The van der Waals surface area contributed by atoms with Crippen molar-refractivity contribution in [3.63, 3.8) is 0 Å². The first kappa shape index (κ1) is 9.57. The van der Waals surface area contributed by atoms with Crippen LogP contribution in [0.3, 0.4) is 0 Å². The first-order chi connectivity index (χ1) is 6.16. The van der Waals surface area contributed by atoms with Crippen molar-refractivity contribution in [3.05, 3.63) is 11.3 Å². The number of carboxylic acid groups (broad SMARTS) is 1. The Morgan fingerprint density at radius 2 is 2.08 bits per heavy atom. The number of nitrogens with one attached hydrogen (secondary N) is 2. The maximum Gasteiger partial charge on any atom is 0.333 e. The van der Waals surface area contributed by atoms with E-state index in [1.165, 1.54) is 0 Å². The van der Waals surface area contributed by atoms with Crippen molar-refractivity contribution < 1.29 is 14.7 Å². The zero-order chi connectivity index (χ0) is 9.84. The Morgan fingerprint density at radius 3 is 2.54 bits per heavy atom. The van der Waals surface area contributed by atoms with Crippen molar-refractivity contribution in [2.75, 3.05) is 13.1 Å². The summed E-state index contributed by atoms with van der Waals surface area (Å²) in [6, 6.07) is 0. The number of hydrogen-bond donors (Lipinski definition) is 3. The molecule has 0 aromatic heterocycles.